The molecule has 0 saturated heterocycles. The van der Waals surface area contributed by atoms with Crippen LogP contribution in [0, 0.1) is 0 Å². The summed E-state index contributed by atoms with van der Waals surface area (Å²) in [6, 6.07) is 0. The van der Waals surface area contributed by atoms with E-state index in [-0.39, 0.29) is 53.3 Å². The first-order chi connectivity index (χ1) is 6.25. The van der Waals surface area contributed by atoms with Gasteiger partial charge in [0, 0.05) is 0 Å². The van der Waals surface area contributed by atoms with Gasteiger partial charge in [0.15, 0.2) is 0 Å². The molecule has 0 bridgehead atoms. The van der Waals surface area contributed by atoms with Gasteiger partial charge in [0.2, 0.25) is 0 Å². The summed E-state index contributed by atoms with van der Waals surface area (Å²) < 4.78 is 0. The number of Topliss-reactive ketones (excluding diaryl/α,β-unsaturated/α-hetero) is 4. The molecule has 0 aliphatic heterocycles. The van der Waals surface area contributed by atoms with Crippen LogP contribution >= 0.6 is 0 Å². The summed E-state index contributed by atoms with van der Waals surface area (Å²) in [5.74, 6) is -0.250. The van der Waals surface area contributed by atoms with Crippen LogP contribution in [0.3, 0.4) is 0 Å². The third-order valence-electron chi connectivity index (χ3n) is 0.996. The fourth-order valence-corrected chi connectivity index (χ4v) is 0.701. The molecule has 0 N–H and O–H groups in total. The first-order valence-electron chi connectivity index (χ1n) is 4.23. The van der Waals surface area contributed by atoms with E-state index in [1.807, 2.05) is 0 Å². The van der Waals surface area contributed by atoms with Gasteiger partial charge in [0.05, 0.1) is 12.8 Å². The topological polar surface area (TPSA) is 68.3 Å². The van der Waals surface area contributed by atoms with E-state index < -0.39 is 0 Å². The fourth-order valence-electron chi connectivity index (χ4n) is 0.701. The summed E-state index contributed by atoms with van der Waals surface area (Å²) in [6.07, 6.45) is 0.167. The molecular weight excluding hydrogens is 236 g/mol. The van der Waals surface area contributed by atoms with Crippen molar-refractivity contribution >= 4 is 23.1 Å². The Morgan fingerprint density at radius 1 is 0.600 bits per heavy atom. The van der Waals surface area contributed by atoms with Gasteiger partial charge < -0.3 is 0 Å². The minimum atomic E-state index is -0.0625. The molecule has 4 nitrogen and oxygen atoms in total. The standard InChI is InChI=1S/2C5H8O2.Cr/c2*1-4(6)3-5(2)7;/h2*3H2,1-2H3;/q;;+2. The Morgan fingerprint density at radius 3 is 0.733 bits per heavy atom. The molecule has 0 aliphatic rings. The van der Waals surface area contributed by atoms with Gasteiger partial charge in [0.1, 0.15) is 23.1 Å². The Labute approximate surface area is 101 Å². The third kappa shape index (κ3) is 31.9. The molecule has 84 valence electrons. The van der Waals surface area contributed by atoms with Gasteiger partial charge in [-0.15, -0.1) is 0 Å². The van der Waals surface area contributed by atoms with E-state index in [1.165, 1.54) is 27.7 Å². The van der Waals surface area contributed by atoms with Gasteiger partial charge >= 0.3 is 17.4 Å². The van der Waals surface area contributed by atoms with Crippen molar-refractivity contribution < 1.29 is 36.5 Å². The van der Waals surface area contributed by atoms with Gasteiger partial charge in [-0.25, -0.2) is 0 Å². The van der Waals surface area contributed by atoms with E-state index in [2.05, 4.69) is 0 Å². The Morgan fingerprint density at radius 2 is 0.733 bits per heavy atom. The third-order valence-corrected chi connectivity index (χ3v) is 0.996. The molecule has 0 atom stereocenters. The maximum absolute atomic E-state index is 10.0. The number of hydrogen-bond acceptors (Lipinski definition) is 4. The van der Waals surface area contributed by atoms with E-state index in [4.69, 9.17) is 0 Å². The van der Waals surface area contributed by atoms with E-state index in [1.54, 1.807) is 0 Å². The zero-order chi connectivity index (χ0) is 11.7. The molecule has 0 rings (SSSR count). The minimum absolute atomic E-state index is 0. The van der Waals surface area contributed by atoms with Crippen LogP contribution in [0.15, 0.2) is 0 Å². The Bertz CT molecular complexity index is 196. The van der Waals surface area contributed by atoms with E-state index in [0.717, 1.165) is 0 Å². The van der Waals surface area contributed by atoms with Gasteiger partial charge in [-0.2, -0.15) is 0 Å². The molecule has 0 amide bonds. The Balaban J connectivity index is -0.000000180. The smallest absolute Gasteiger partial charge is 0.300 e. The maximum Gasteiger partial charge on any atom is 2.00 e. The Hall–Kier alpha value is -0.788. The van der Waals surface area contributed by atoms with Crippen LogP contribution < -0.4 is 0 Å². The molecule has 0 fully saturated rings. The van der Waals surface area contributed by atoms with Crippen LogP contribution in [-0.2, 0) is 36.5 Å². The quantitative estimate of drug-likeness (QED) is 0.703. The molecule has 0 aromatic carbocycles. The second-order valence-electron chi connectivity index (χ2n) is 3.16. The van der Waals surface area contributed by atoms with E-state index in [0.29, 0.717) is 0 Å². The second kappa shape index (κ2) is 11.3. The summed E-state index contributed by atoms with van der Waals surface area (Å²) in [6.45, 7) is 5.62. The van der Waals surface area contributed by atoms with Crippen LogP contribution in [0.2, 0.25) is 0 Å². The Kier molecular flexibility index (Phi) is 14.9. The summed E-state index contributed by atoms with van der Waals surface area (Å²) >= 11 is 0. The molecule has 0 unspecified atom stereocenters. The molecule has 0 heterocycles. The average Bonchev–Trinajstić information content (AvgIpc) is 1.79. The van der Waals surface area contributed by atoms with Crippen molar-refractivity contribution in [2.75, 3.05) is 0 Å². The number of carbonyl (C=O) groups is 4. The molecule has 15 heavy (non-hydrogen) atoms. The summed E-state index contributed by atoms with van der Waals surface area (Å²) in [5, 5.41) is 0. The summed E-state index contributed by atoms with van der Waals surface area (Å²) in [5.41, 5.74) is 0. The SMILES string of the molecule is CC(=O)CC(C)=O.CC(=O)CC(C)=O.[Cr+2]. The normalized spacial score (nSPS) is 7.73. The van der Waals surface area contributed by atoms with Crippen LogP contribution in [0.5, 0.6) is 0 Å². The first-order valence-corrected chi connectivity index (χ1v) is 4.23. The predicted molar refractivity (Wildman–Crippen MR) is 52.0 cm³/mol. The number of hydrogen-bond donors (Lipinski definition) is 0. The number of carbonyl (C=O) groups excluding carboxylic acids is 4. The molecule has 0 saturated carbocycles. The summed E-state index contributed by atoms with van der Waals surface area (Å²) in [4.78, 5) is 40.1. The van der Waals surface area contributed by atoms with Gasteiger partial charge in [-0.1, -0.05) is 0 Å². The molecule has 0 spiro atoms. The molecular formula is C10H16CrO4+2. The molecule has 0 aromatic heterocycles. The molecule has 0 radical (unpaired) electrons. The minimum Gasteiger partial charge on any atom is -0.300 e. The van der Waals surface area contributed by atoms with Crippen LogP contribution in [0.4, 0.5) is 0 Å². The van der Waals surface area contributed by atoms with Crippen LogP contribution in [0.1, 0.15) is 40.5 Å². The predicted octanol–water partition coefficient (Wildman–Crippen LogP) is 1.11. The second-order valence-corrected chi connectivity index (χ2v) is 3.16. The van der Waals surface area contributed by atoms with E-state index >= 15 is 0 Å². The number of rotatable bonds is 4. The van der Waals surface area contributed by atoms with Crippen molar-refractivity contribution in [3.05, 3.63) is 0 Å². The molecule has 5 heteroatoms. The van der Waals surface area contributed by atoms with Crippen molar-refractivity contribution in [2.45, 2.75) is 40.5 Å². The first kappa shape index (κ1) is 19.7. The monoisotopic (exact) mass is 252 g/mol. The van der Waals surface area contributed by atoms with Gasteiger partial charge in [-0.3, -0.25) is 19.2 Å². The van der Waals surface area contributed by atoms with E-state index in [9.17, 15) is 19.2 Å². The molecule has 0 aliphatic carbocycles. The van der Waals surface area contributed by atoms with Crippen molar-refractivity contribution in [3.8, 4) is 0 Å². The molecule has 0 aromatic rings. The van der Waals surface area contributed by atoms with Gasteiger partial charge in [-0.05, 0) is 27.7 Å². The van der Waals surface area contributed by atoms with Crippen LogP contribution in [0.25, 0.3) is 0 Å². The van der Waals surface area contributed by atoms with Crippen molar-refractivity contribution in [3.63, 3.8) is 0 Å². The fraction of sp³-hybridized carbons (Fsp3) is 0.600. The zero-order valence-electron chi connectivity index (χ0n) is 9.46. The average molecular weight is 252 g/mol. The van der Waals surface area contributed by atoms with Crippen molar-refractivity contribution in [1.82, 2.24) is 0 Å². The van der Waals surface area contributed by atoms with Crippen LogP contribution in [-0.4, -0.2) is 23.1 Å². The largest absolute Gasteiger partial charge is 2.00 e. The zero-order valence-corrected chi connectivity index (χ0v) is 10.7. The van der Waals surface area contributed by atoms with Crippen molar-refractivity contribution in [2.24, 2.45) is 0 Å². The summed E-state index contributed by atoms with van der Waals surface area (Å²) in [7, 11) is 0. The van der Waals surface area contributed by atoms with Crippen molar-refractivity contribution in [1.29, 1.82) is 0 Å². The van der Waals surface area contributed by atoms with Gasteiger partial charge in [0.25, 0.3) is 0 Å². The maximum atomic E-state index is 10.0. The number of ketones is 4.